The Hall–Kier alpha value is -2.73. The molecule has 0 aliphatic carbocycles. The molecular formula is C17H15ClN3O3-. The molecule has 0 fully saturated rings. The van der Waals surface area contributed by atoms with Gasteiger partial charge >= 0.3 is 5.69 Å². The number of benzene rings is 2. The lowest BCUT2D eigenvalue weighted by Crippen LogP contribution is -2.22. The van der Waals surface area contributed by atoms with E-state index >= 15 is 0 Å². The van der Waals surface area contributed by atoms with Crippen molar-refractivity contribution in [2.24, 2.45) is 14.1 Å². The van der Waals surface area contributed by atoms with Crippen molar-refractivity contribution in [3.63, 3.8) is 0 Å². The number of hydrogen-bond donors (Lipinski definition) is 1. The number of imidazole rings is 1. The van der Waals surface area contributed by atoms with Crippen molar-refractivity contribution < 1.29 is 9.90 Å². The predicted octanol–water partition coefficient (Wildman–Crippen LogP) is 1.51. The summed E-state index contributed by atoms with van der Waals surface area (Å²) >= 11 is 5.82. The first-order valence-electron chi connectivity index (χ1n) is 7.27. The van der Waals surface area contributed by atoms with E-state index in [2.05, 4.69) is 5.32 Å². The number of fused-ring (bicyclic) bond motifs is 1. The highest BCUT2D eigenvalue weighted by atomic mass is 35.5. The van der Waals surface area contributed by atoms with Crippen LogP contribution in [0.2, 0.25) is 5.02 Å². The average molecular weight is 345 g/mol. The number of aryl methyl sites for hydroxylation is 2. The molecule has 7 heteroatoms. The van der Waals surface area contributed by atoms with Gasteiger partial charge in [-0.25, -0.2) is 4.79 Å². The zero-order valence-electron chi connectivity index (χ0n) is 13.2. The van der Waals surface area contributed by atoms with Crippen molar-refractivity contribution in [3.05, 3.63) is 63.0 Å². The van der Waals surface area contributed by atoms with Crippen LogP contribution in [0.3, 0.4) is 0 Å². The van der Waals surface area contributed by atoms with E-state index in [1.165, 1.54) is 12.1 Å². The molecule has 0 spiro atoms. The molecule has 0 aliphatic rings. The van der Waals surface area contributed by atoms with Crippen molar-refractivity contribution in [2.75, 3.05) is 5.32 Å². The summed E-state index contributed by atoms with van der Waals surface area (Å²) in [6.07, 6.45) is 0. The number of anilines is 1. The highest BCUT2D eigenvalue weighted by Crippen LogP contribution is 2.21. The molecule has 0 saturated carbocycles. The first kappa shape index (κ1) is 16.1. The highest BCUT2D eigenvalue weighted by Gasteiger charge is 2.08. The molecule has 1 aromatic heterocycles. The lowest BCUT2D eigenvalue weighted by atomic mass is 10.1. The number of carboxylic acids is 1. The number of hydrogen-bond acceptors (Lipinski definition) is 4. The van der Waals surface area contributed by atoms with Gasteiger partial charge < -0.3 is 15.2 Å². The second-order valence-corrected chi connectivity index (χ2v) is 5.97. The fourth-order valence-corrected chi connectivity index (χ4v) is 2.85. The topological polar surface area (TPSA) is 79.1 Å². The molecule has 0 radical (unpaired) electrons. The number of carbonyl (C=O) groups is 1. The van der Waals surface area contributed by atoms with Crippen LogP contribution in [0.4, 0.5) is 5.69 Å². The molecule has 0 amide bonds. The van der Waals surface area contributed by atoms with E-state index in [4.69, 9.17) is 11.6 Å². The molecule has 0 atom stereocenters. The summed E-state index contributed by atoms with van der Waals surface area (Å²) in [5, 5.41) is 14.3. The summed E-state index contributed by atoms with van der Waals surface area (Å²) in [6.45, 7) is 0.479. The molecule has 0 bridgehead atoms. The van der Waals surface area contributed by atoms with E-state index in [0.717, 1.165) is 16.6 Å². The number of halogens is 1. The zero-order valence-corrected chi connectivity index (χ0v) is 13.9. The van der Waals surface area contributed by atoms with E-state index in [1.807, 2.05) is 18.2 Å². The number of carbonyl (C=O) groups excluding carboxylic acids is 1. The van der Waals surface area contributed by atoms with Gasteiger partial charge in [-0.2, -0.15) is 0 Å². The minimum Gasteiger partial charge on any atom is -0.545 e. The van der Waals surface area contributed by atoms with E-state index in [0.29, 0.717) is 12.2 Å². The molecule has 6 nitrogen and oxygen atoms in total. The number of aromatic nitrogens is 2. The smallest absolute Gasteiger partial charge is 0.328 e. The molecule has 124 valence electrons. The Labute approximate surface area is 142 Å². The Morgan fingerprint density at radius 2 is 1.83 bits per heavy atom. The fraction of sp³-hybridized carbons (Fsp3) is 0.176. The Bertz CT molecular complexity index is 1000. The molecule has 0 unspecified atom stereocenters. The summed E-state index contributed by atoms with van der Waals surface area (Å²) in [6, 6.07) is 10.4. The molecule has 1 N–H and O–H groups in total. The van der Waals surface area contributed by atoms with E-state index in [-0.39, 0.29) is 16.3 Å². The first-order chi connectivity index (χ1) is 11.4. The van der Waals surface area contributed by atoms with Gasteiger partial charge in [0.25, 0.3) is 0 Å². The van der Waals surface area contributed by atoms with Gasteiger partial charge in [-0.1, -0.05) is 17.7 Å². The minimum absolute atomic E-state index is 0.0532. The predicted molar refractivity (Wildman–Crippen MR) is 91.3 cm³/mol. The maximum Gasteiger partial charge on any atom is 0.328 e. The molecule has 3 aromatic rings. The van der Waals surface area contributed by atoms with Crippen LogP contribution in [0.1, 0.15) is 15.9 Å². The third-order valence-corrected chi connectivity index (χ3v) is 4.35. The number of nitrogens with one attached hydrogen (secondary N) is 1. The maximum absolute atomic E-state index is 11.9. The van der Waals surface area contributed by atoms with Crippen LogP contribution in [0.5, 0.6) is 0 Å². The van der Waals surface area contributed by atoms with Crippen molar-refractivity contribution in [3.8, 4) is 0 Å². The molecule has 24 heavy (non-hydrogen) atoms. The van der Waals surface area contributed by atoms with Gasteiger partial charge in [0.2, 0.25) is 0 Å². The molecule has 3 rings (SSSR count). The standard InChI is InChI=1S/C17H16ClN3O3/c1-20-14-6-3-10(7-15(14)21(2)17(20)24)9-19-11-4-5-13(18)12(8-11)16(22)23/h3-8,19H,9H2,1-2H3,(H,22,23)/p-1. The minimum atomic E-state index is -1.32. The average Bonchev–Trinajstić information content (AvgIpc) is 2.78. The van der Waals surface area contributed by atoms with Crippen LogP contribution in [-0.2, 0) is 20.6 Å². The van der Waals surface area contributed by atoms with Gasteiger partial charge in [0, 0.05) is 36.9 Å². The molecular weight excluding hydrogens is 330 g/mol. The summed E-state index contributed by atoms with van der Waals surface area (Å²) in [5.41, 5.74) is 3.16. The molecule has 1 heterocycles. The number of aromatic carboxylic acids is 1. The summed E-state index contributed by atoms with van der Waals surface area (Å²) < 4.78 is 3.19. The summed E-state index contributed by atoms with van der Waals surface area (Å²) in [7, 11) is 3.46. The number of rotatable bonds is 4. The second kappa shape index (κ2) is 6.05. The van der Waals surface area contributed by atoms with Crippen LogP contribution in [-0.4, -0.2) is 15.1 Å². The Morgan fingerprint density at radius 1 is 1.12 bits per heavy atom. The Kier molecular flexibility index (Phi) is 4.07. The molecule has 0 aliphatic heterocycles. The van der Waals surface area contributed by atoms with Gasteiger partial charge in [-0.15, -0.1) is 0 Å². The van der Waals surface area contributed by atoms with Crippen LogP contribution in [0.25, 0.3) is 11.0 Å². The van der Waals surface area contributed by atoms with Gasteiger partial charge in [0.15, 0.2) is 0 Å². The van der Waals surface area contributed by atoms with Crippen molar-refractivity contribution >= 4 is 34.3 Å². The van der Waals surface area contributed by atoms with E-state index < -0.39 is 5.97 Å². The Morgan fingerprint density at radius 3 is 2.54 bits per heavy atom. The van der Waals surface area contributed by atoms with Crippen molar-refractivity contribution in [1.82, 2.24) is 9.13 Å². The third-order valence-electron chi connectivity index (χ3n) is 4.02. The quantitative estimate of drug-likeness (QED) is 0.778. The van der Waals surface area contributed by atoms with E-state index in [1.54, 1.807) is 29.3 Å². The lowest BCUT2D eigenvalue weighted by Gasteiger charge is -2.11. The normalized spacial score (nSPS) is 11.0. The third kappa shape index (κ3) is 2.76. The van der Waals surface area contributed by atoms with Crippen molar-refractivity contribution in [1.29, 1.82) is 0 Å². The van der Waals surface area contributed by atoms with Gasteiger partial charge in [0.05, 0.1) is 17.0 Å². The second-order valence-electron chi connectivity index (χ2n) is 5.56. The fourth-order valence-electron chi connectivity index (χ4n) is 2.66. The molecule has 2 aromatic carbocycles. The SMILES string of the molecule is Cn1c(=O)n(C)c2cc(CNc3ccc(Cl)c(C(=O)[O-])c3)ccc21. The zero-order chi connectivity index (χ0) is 17.4. The van der Waals surface area contributed by atoms with Crippen LogP contribution >= 0.6 is 11.6 Å². The Balaban J connectivity index is 1.86. The summed E-state index contributed by atoms with van der Waals surface area (Å²) in [4.78, 5) is 23.0. The van der Waals surface area contributed by atoms with Gasteiger partial charge in [0.1, 0.15) is 0 Å². The largest absolute Gasteiger partial charge is 0.545 e. The number of carboxylic acid groups (broad SMARTS) is 1. The molecule has 0 saturated heterocycles. The number of nitrogens with zero attached hydrogens (tertiary/aromatic N) is 2. The van der Waals surface area contributed by atoms with Crippen LogP contribution < -0.4 is 16.1 Å². The maximum atomic E-state index is 11.9. The summed E-state index contributed by atoms with van der Waals surface area (Å²) in [5.74, 6) is -1.32. The van der Waals surface area contributed by atoms with Crippen LogP contribution in [0, 0.1) is 0 Å². The monoisotopic (exact) mass is 344 g/mol. The van der Waals surface area contributed by atoms with E-state index in [9.17, 15) is 14.7 Å². The van der Waals surface area contributed by atoms with Crippen LogP contribution in [0.15, 0.2) is 41.2 Å². The van der Waals surface area contributed by atoms with Gasteiger partial charge in [-0.05, 0) is 35.9 Å². The van der Waals surface area contributed by atoms with Gasteiger partial charge in [-0.3, -0.25) is 9.13 Å². The lowest BCUT2D eigenvalue weighted by molar-refractivity contribution is -0.255. The first-order valence-corrected chi connectivity index (χ1v) is 7.65. The van der Waals surface area contributed by atoms with Crippen molar-refractivity contribution in [2.45, 2.75) is 6.54 Å². The highest BCUT2D eigenvalue weighted by molar-refractivity contribution is 6.33.